The highest BCUT2D eigenvalue weighted by atomic mass is 79.9. The van der Waals surface area contributed by atoms with E-state index in [2.05, 4.69) is 26.5 Å². The second-order valence-corrected chi connectivity index (χ2v) is 6.74. The van der Waals surface area contributed by atoms with Gasteiger partial charge in [-0.1, -0.05) is 58.4 Å². The van der Waals surface area contributed by atoms with E-state index in [1.54, 1.807) is 18.2 Å². The number of hydrogen-bond donors (Lipinski definition) is 2. The van der Waals surface area contributed by atoms with Gasteiger partial charge in [0.15, 0.2) is 5.84 Å². The van der Waals surface area contributed by atoms with Crippen LogP contribution in [-0.4, -0.2) is 22.0 Å². The van der Waals surface area contributed by atoms with Crippen LogP contribution < -0.4 is 10.5 Å². The predicted molar refractivity (Wildman–Crippen MR) is 107 cm³/mol. The van der Waals surface area contributed by atoms with Crippen molar-refractivity contribution >= 4 is 33.4 Å². The van der Waals surface area contributed by atoms with Gasteiger partial charge in [-0.3, -0.25) is 10.2 Å². The number of carbonyl (C=O) groups is 1. The minimum atomic E-state index is -0.425. The molecule has 134 valence electrons. The summed E-state index contributed by atoms with van der Waals surface area (Å²) in [5.74, 6) is 0.0150. The van der Waals surface area contributed by atoms with Gasteiger partial charge in [0, 0.05) is 10.0 Å². The van der Waals surface area contributed by atoms with Gasteiger partial charge in [-0.2, -0.15) is 0 Å². The molecule has 2 N–H and O–H groups in total. The van der Waals surface area contributed by atoms with Crippen LogP contribution in [0.4, 0.5) is 5.69 Å². The first-order valence-electron chi connectivity index (χ1n) is 8.22. The van der Waals surface area contributed by atoms with E-state index in [1.165, 1.54) is 16.3 Å². The lowest BCUT2D eigenvalue weighted by atomic mass is 10.2. The first-order chi connectivity index (χ1) is 13.1. The average molecular weight is 423 g/mol. The van der Waals surface area contributed by atoms with Crippen LogP contribution >= 0.6 is 15.9 Å². The Hall–Kier alpha value is -3.32. The molecule has 0 fully saturated rings. The number of aromatic hydroxyl groups is 1. The molecule has 0 saturated heterocycles. The summed E-state index contributed by atoms with van der Waals surface area (Å²) in [4.78, 5) is 13.1. The van der Waals surface area contributed by atoms with Gasteiger partial charge >= 0.3 is 0 Å². The first kappa shape index (κ1) is 17.1. The van der Waals surface area contributed by atoms with Gasteiger partial charge in [0.2, 0.25) is 0 Å². The van der Waals surface area contributed by atoms with Crippen molar-refractivity contribution < 1.29 is 9.90 Å². The number of hydrazone groups is 1. The number of para-hydroxylation sites is 1. The van der Waals surface area contributed by atoms with Crippen molar-refractivity contribution in [3.63, 3.8) is 0 Å². The molecule has 0 aromatic heterocycles. The van der Waals surface area contributed by atoms with E-state index < -0.39 is 5.91 Å². The number of phenols is 1. The number of rotatable bonds is 3. The minimum absolute atomic E-state index is 0.0896. The van der Waals surface area contributed by atoms with Crippen LogP contribution in [-0.2, 0) is 0 Å². The summed E-state index contributed by atoms with van der Waals surface area (Å²) in [5, 5.41) is 17.4. The quantitative estimate of drug-likeness (QED) is 0.671. The molecule has 3 aromatic rings. The molecule has 0 saturated carbocycles. The zero-order valence-electron chi connectivity index (χ0n) is 14.1. The molecule has 0 unspecified atom stereocenters. The van der Waals surface area contributed by atoms with Crippen molar-refractivity contribution in [3.05, 3.63) is 94.5 Å². The fraction of sp³-hybridized carbons (Fsp3) is 0. The Morgan fingerprint density at radius 1 is 0.926 bits per heavy atom. The van der Waals surface area contributed by atoms with Crippen molar-refractivity contribution in [3.8, 4) is 5.75 Å². The molecule has 0 atom stereocenters. The van der Waals surface area contributed by atoms with E-state index in [0.29, 0.717) is 11.5 Å². The van der Waals surface area contributed by atoms with Crippen LogP contribution in [0.1, 0.15) is 15.9 Å². The monoisotopic (exact) mass is 422 g/mol. The van der Waals surface area contributed by atoms with Crippen LogP contribution in [0.2, 0.25) is 0 Å². The Balaban J connectivity index is 1.74. The van der Waals surface area contributed by atoms with Gasteiger partial charge in [0.1, 0.15) is 5.75 Å². The van der Waals surface area contributed by atoms with Crippen molar-refractivity contribution in [1.82, 2.24) is 10.5 Å². The first-order valence-corrected chi connectivity index (χ1v) is 9.01. The molecule has 3 aromatic carbocycles. The maximum absolute atomic E-state index is 13.1. The lowest BCUT2D eigenvalue weighted by Gasteiger charge is -2.26. The number of hydrogen-bond acceptors (Lipinski definition) is 5. The molecule has 1 heterocycles. The van der Waals surface area contributed by atoms with Crippen LogP contribution in [0.25, 0.3) is 0 Å². The van der Waals surface area contributed by atoms with Gasteiger partial charge in [0.05, 0.1) is 11.3 Å². The number of nitrogens with zero attached hydrogens (tertiary/aromatic N) is 3. The predicted octanol–water partition coefficient (Wildman–Crippen LogP) is 3.90. The highest BCUT2D eigenvalue weighted by Gasteiger charge is 2.32. The summed E-state index contributed by atoms with van der Waals surface area (Å²) >= 11 is 3.41. The van der Waals surface area contributed by atoms with Crippen molar-refractivity contribution in [1.29, 1.82) is 0 Å². The number of nitrogens with one attached hydrogen (secondary N) is 1. The summed E-state index contributed by atoms with van der Waals surface area (Å²) in [6, 6.07) is 23.4. The van der Waals surface area contributed by atoms with Crippen molar-refractivity contribution in [2.24, 2.45) is 5.10 Å². The molecule has 0 bridgehead atoms. The number of amides is 1. The molecule has 6 nitrogen and oxygen atoms in total. The van der Waals surface area contributed by atoms with E-state index in [4.69, 9.17) is 0 Å². The summed E-state index contributed by atoms with van der Waals surface area (Å²) < 4.78 is 0.921. The fourth-order valence-electron chi connectivity index (χ4n) is 2.68. The highest BCUT2D eigenvalue weighted by molar-refractivity contribution is 9.10. The van der Waals surface area contributed by atoms with Gasteiger partial charge in [-0.05, 0) is 36.4 Å². The molecule has 1 aliphatic rings. The number of carbonyl (C=O) groups excluding carboxylic acids is 1. The summed E-state index contributed by atoms with van der Waals surface area (Å²) in [7, 11) is 0. The van der Waals surface area contributed by atoms with Crippen LogP contribution in [0.5, 0.6) is 5.75 Å². The third-order valence-corrected chi connectivity index (χ3v) is 4.56. The van der Waals surface area contributed by atoms with E-state index in [0.717, 1.165) is 10.0 Å². The topological polar surface area (TPSA) is 68.2 Å². The summed E-state index contributed by atoms with van der Waals surface area (Å²) in [5.41, 5.74) is 4.75. The second kappa shape index (κ2) is 7.13. The number of halogens is 1. The standard InChI is InChI=1S/C20H15BrN4O2/c21-15-10-12-16(13-11-15)24-22-19(14-6-2-1-3-7-14)23-25(24)20(27)17-8-4-5-9-18(17)26/h1-13,26H,(H,22,23). The van der Waals surface area contributed by atoms with Gasteiger partial charge < -0.3 is 5.11 Å². The molecule has 4 rings (SSSR count). The normalized spacial score (nSPS) is 13.3. The Morgan fingerprint density at radius 2 is 1.59 bits per heavy atom. The summed E-state index contributed by atoms with van der Waals surface area (Å²) in [6.45, 7) is 0. The number of phenolic OH excluding ortho intramolecular Hbond substituents is 1. The van der Waals surface area contributed by atoms with E-state index in [1.807, 2.05) is 54.6 Å². The lowest BCUT2D eigenvalue weighted by Crippen LogP contribution is -2.48. The van der Waals surface area contributed by atoms with Crippen molar-refractivity contribution in [2.75, 3.05) is 5.12 Å². The molecule has 7 heteroatoms. The zero-order chi connectivity index (χ0) is 18.8. The van der Waals surface area contributed by atoms with E-state index in [9.17, 15) is 9.90 Å². The van der Waals surface area contributed by atoms with Gasteiger partial charge in [-0.25, -0.2) is 0 Å². The SMILES string of the molecule is O=C(c1ccccc1O)N1NC(c2ccccc2)=NN1c1ccc(Br)cc1. The van der Waals surface area contributed by atoms with Gasteiger partial charge in [0.25, 0.3) is 5.91 Å². The van der Waals surface area contributed by atoms with E-state index in [-0.39, 0.29) is 11.3 Å². The van der Waals surface area contributed by atoms with Crippen LogP contribution in [0.15, 0.2) is 88.4 Å². The third kappa shape index (κ3) is 3.37. The Bertz CT molecular complexity index is 1010. The lowest BCUT2D eigenvalue weighted by molar-refractivity contribution is 0.0707. The summed E-state index contributed by atoms with van der Waals surface area (Å²) in [6.07, 6.45) is 0. The molecule has 1 aliphatic heterocycles. The molecule has 1 amide bonds. The maximum atomic E-state index is 13.1. The minimum Gasteiger partial charge on any atom is -0.507 e. The Kier molecular flexibility index (Phi) is 4.52. The number of benzene rings is 3. The Labute approximate surface area is 164 Å². The number of anilines is 1. The third-order valence-electron chi connectivity index (χ3n) is 4.03. The molecule has 27 heavy (non-hydrogen) atoms. The fourth-order valence-corrected chi connectivity index (χ4v) is 2.95. The number of amidine groups is 1. The zero-order valence-corrected chi connectivity index (χ0v) is 15.7. The highest BCUT2D eigenvalue weighted by Crippen LogP contribution is 2.26. The maximum Gasteiger partial charge on any atom is 0.297 e. The molecule has 0 spiro atoms. The average Bonchev–Trinajstić information content (AvgIpc) is 3.14. The molecular weight excluding hydrogens is 408 g/mol. The molecule has 0 aliphatic carbocycles. The molecular formula is C20H15BrN4O2. The van der Waals surface area contributed by atoms with Gasteiger partial charge in [-0.15, -0.1) is 15.3 Å². The second-order valence-electron chi connectivity index (χ2n) is 5.83. The number of hydrazine groups is 2. The van der Waals surface area contributed by atoms with Crippen LogP contribution in [0, 0.1) is 0 Å². The smallest absolute Gasteiger partial charge is 0.297 e. The van der Waals surface area contributed by atoms with E-state index >= 15 is 0 Å². The molecule has 0 radical (unpaired) electrons. The van der Waals surface area contributed by atoms with Crippen LogP contribution in [0.3, 0.4) is 0 Å². The van der Waals surface area contributed by atoms with Crippen molar-refractivity contribution in [2.45, 2.75) is 0 Å². The largest absolute Gasteiger partial charge is 0.507 e. The Morgan fingerprint density at radius 3 is 2.30 bits per heavy atom.